The van der Waals surface area contributed by atoms with E-state index in [0.717, 1.165) is 27.6 Å². The van der Waals surface area contributed by atoms with E-state index in [1.807, 2.05) is 36.5 Å². The number of para-hydroxylation sites is 1. The van der Waals surface area contributed by atoms with Gasteiger partial charge in [0, 0.05) is 5.39 Å². The molecule has 0 unspecified atom stereocenters. The number of hydrogen-bond donors (Lipinski definition) is 0. The fourth-order valence-corrected chi connectivity index (χ4v) is 4.00. The summed E-state index contributed by atoms with van der Waals surface area (Å²) in [7, 11) is 0. The highest BCUT2D eigenvalue weighted by Crippen LogP contribution is 2.30. The Kier molecular flexibility index (Phi) is 3.13. The van der Waals surface area contributed by atoms with Gasteiger partial charge in [0.1, 0.15) is 23.6 Å². The standard InChI is InChI=1S/C21H14BF2NO/c23-18-10-6-16(7-11-18)22(17-8-12-19(24)13-9-17)25-14-2-4-15-3-1-5-20(26-22)21(15)25/h1-14H. The lowest BCUT2D eigenvalue weighted by atomic mass is 9.41. The predicted molar refractivity (Wildman–Crippen MR) is 98.0 cm³/mol. The topological polar surface area (TPSA) is 13.1 Å². The molecule has 0 spiro atoms. The molecule has 0 amide bonds. The van der Waals surface area contributed by atoms with Crippen molar-refractivity contribution in [2.24, 2.45) is 0 Å². The van der Waals surface area contributed by atoms with E-state index in [2.05, 4.69) is 4.48 Å². The molecule has 1 aliphatic heterocycles. The first-order valence-corrected chi connectivity index (χ1v) is 8.48. The minimum atomic E-state index is -1.89. The molecule has 0 N–H and O–H groups in total. The summed E-state index contributed by atoms with van der Waals surface area (Å²) in [4.78, 5) is 0. The molecule has 1 aliphatic rings. The molecule has 5 heteroatoms. The Morgan fingerprint density at radius 3 is 1.88 bits per heavy atom. The number of aromatic nitrogens is 1. The quantitative estimate of drug-likeness (QED) is 0.509. The van der Waals surface area contributed by atoms with E-state index in [1.54, 1.807) is 24.3 Å². The number of halogens is 2. The average Bonchev–Trinajstić information content (AvgIpc) is 3.01. The van der Waals surface area contributed by atoms with Gasteiger partial charge in [-0.25, -0.2) is 8.78 Å². The molecule has 0 saturated carbocycles. The van der Waals surface area contributed by atoms with E-state index in [-0.39, 0.29) is 11.6 Å². The molecule has 1 aromatic heterocycles. The fourth-order valence-electron chi connectivity index (χ4n) is 4.00. The molecule has 0 saturated heterocycles. The molecule has 0 atom stereocenters. The van der Waals surface area contributed by atoms with Crippen molar-refractivity contribution in [2.45, 2.75) is 0 Å². The highest BCUT2D eigenvalue weighted by Gasteiger charge is 2.50. The molecule has 0 aliphatic carbocycles. The summed E-state index contributed by atoms with van der Waals surface area (Å²) in [5, 5.41) is 1.05. The zero-order chi connectivity index (χ0) is 17.7. The van der Waals surface area contributed by atoms with E-state index in [4.69, 9.17) is 4.65 Å². The Morgan fingerprint density at radius 2 is 1.27 bits per heavy atom. The van der Waals surface area contributed by atoms with Crippen molar-refractivity contribution in [2.75, 3.05) is 0 Å². The van der Waals surface area contributed by atoms with Gasteiger partial charge in [-0.2, -0.15) is 0 Å². The summed E-state index contributed by atoms with van der Waals surface area (Å²) in [6.45, 7) is -1.89. The van der Waals surface area contributed by atoms with Crippen molar-refractivity contribution in [3.8, 4) is 5.75 Å². The summed E-state index contributed by atoms with van der Waals surface area (Å²) in [6, 6.07) is 22.5. The number of benzene rings is 3. The van der Waals surface area contributed by atoms with Crippen LogP contribution in [-0.2, 0) is 0 Å². The number of hydrogen-bond acceptors (Lipinski definition) is 1. The highest BCUT2D eigenvalue weighted by atomic mass is 19.1. The monoisotopic (exact) mass is 345 g/mol. The van der Waals surface area contributed by atoms with Gasteiger partial charge in [-0.15, -0.1) is 0 Å². The SMILES string of the molecule is Fc1ccc([B-]2(c3ccc(F)cc3)Oc3cccc4ccc[n+]2c34)cc1. The number of nitrogens with zero attached hydrogens (tertiary/aromatic N) is 1. The highest BCUT2D eigenvalue weighted by molar-refractivity contribution is 6.92. The first kappa shape index (κ1) is 15.1. The first-order chi connectivity index (χ1) is 12.7. The van der Waals surface area contributed by atoms with Crippen molar-refractivity contribution < 1.29 is 17.9 Å². The predicted octanol–water partition coefficient (Wildman–Crippen LogP) is 2.90. The maximum Gasteiger partial charge on any atom is 0.513 e. The van der Waals surface area contributed by atoms with Crippen molar-refractivity contribution >= 4 is 28.3 Å². The minimum absolute atomic E-state index is 0.308. The number of rotatable bonds is 2. The van der Waals surface area contributed by atoms with Crippen LogP contribution in [0.1, 0.15) is 0 Å². The van der Waals surface area contributed by atoms with Crippen molar-refractivity contribution in [1.82, 2.24) is 0 Å². The molecule has 2 heterocycles. The summed E-state index contributed by atoms with van der Waals surface area (Å²) < 4.78 is 35.7. The summed E-state index contributed by atoms with van der Waals surface area (Å²) in [5.41, 5.74) is 2.63. The van der Waals surface area contributed by atoms with Gasteiger partial charge in [-0.1, -0.05) is 41.3 Å². The van der Waals surface area contributed by atoms with Gasteiger partial charge in [-0.05, 0) is 48.5 Å². The summed E-state index contributed by atoms with van der Waals surface area (Å²) in [5.74, 6) is 0.145. The van der Waals surface area contributed by atoms with Crippen LogP contribution in [0.25, 0.3) is 10.9 Å². The second-order valence-electron chi connectivity index (χ2n) is 6.57. The Bertz CT molecular complexity index is 1080. The molecular weight excluding hydrogens is 331 g/mol. The normalized spacial score (nSPS) is 14.4. The van der Waals surface area contributed by atoms with Gasteiger partial charge in [0.05, 0.1) is 0 Å². The Morgan fingerprint density at radius 1 is 0.692 bits per heavy atom. The molecule has 0 radical (unpaired) electrons. The Labute approximate surface area is 149 Å². The second kappa shape index (κ2) is 5.40. The van der Waals surface area contributed by atoms with Gasteiger partial charge < -0.3 is 9.13 Å². The molecule has 4 aromatic rings. The summed E-state index contributed by atoms with van der Waals surface area (Å²) in [6.07, 6.45) is 1.96. The molecule has 5 rings (SSSR count). The second-order valence-corrected chi connectivity index (χ2v) is 6.57. The van der Waals surface area contributed by atoms with Gasteiger partial charge in [-0.3, -0.25) is 0 Å². The van der Waals surface area contributed by atoms with Crippen LogP contribution in [0.2, 0.25) is 0 Å². The van der Waals surface area contributed by atoms with Crippen LogP contribution in [-0.4, -0.2) is 6.48 Å². The van der Waals surface area contributed by atoms with Crippen molar-refractivity contribution in [3.05, 3.63) is 96.7 Å². The van der Waals surface area contributed by atoms with E-state index in [9.17, 15) is 8.78 Å². The molecule has 26 heavy (non-hydrogen) atoms. The third-order valence-electron chi connectivity index (χ3n) is 5.14. The Balaban J connectivity index is 1.87. The van der Waals surface area contributed by atoms with Crippen LogP contribution in [0.3, 0.4) is 0 Å². The van der Waals surface area contributed by atoms with E-state index in [1.165, 1.54) is 24.3 Å². The lowest BCUT2D eigenvalue weighted by Crippen LogP contribution is -2.80. The van der Waals surface area contributed by atoms with Crippen LogP contribution in [0, 0.1) is 11.6 Å². The molecule has 0 fully saturated rings. The minimum Gasteiger partial charge on any atom is -0.647 e. The molecular formula is C21H14BF2NO. The Hall–Kier alpha value is -3.21. The fraction of sp³-hybridized carbons (Fsp3) is 0. The van der Waals surface area contributed by atoms with E-state index in [0.29, 0.717) is 0 Å². The largest absolute Gasteiger partial charge is 0.647 e. The zero-order valence-corrected chi connectivity index (χ0v) is 13.8. The first-order valence-electron chi connectivity index (χ1n) is 8.48. The third kappa shape index (κ3) is 2.00. The molecule has 2 nitrogen and oxygen atoms in total. The van der Waals surface area contributed by atoms with Crippen LogP contribution in [0.15, 0.2) is 85.1 Å². The smallest absolute Gasteiger partial charge is 0.513 e. The van der Waals surface area contributed by atoms with Gasteiger partial charge >= 0.3 is 6.48 Å². The van der Waals surface area contributed by atoms with E-state index < -0.39 is 6.48 Å². The maximum absolute atomic E-state index is 13.6. The van der Waals surface area contributed by atoms with Crippen LogP contribution < -0.4 is 20.1 Å². The third-order valence-corrected chi connectivity index (χ3v) is 5.14. The lowest BCUT2D eigenvalue weighted by molar-refractivity contribution is -0.515. The average molecular weight is 345 g/mol. The molecule has 3 aromatic carbocycles. The van der Waals surface area contributed by atoms with Gasteiger partial charge in [0.2, 0.25) is 5.52 Å². The number of pyridine rings is 1. The van der Waals surface area contributed by atoms with Gasteiger partial charge in [0.15, 0.2) is 0 Å². The lowest BCUT2D eigenvalue weighted by Gasteiger charge is -2.31. The van der Waals surface area contributed by atoms with Crippen molar-refractivity contribution in [3.63, 3.8) is 0 Å². The molecule has 0 bridgehead atoms. The summed E-state index contributed by atoms with van der Waals surface area (Å²) >= 11 is 0. The van der Waals surface area contributed by atoms with Gasteiger partial charge in [0.25, 0.3) is 0 Å². The van der Waals surface area contributed by atoms with E-state index >= 15 is 0 Å². The zero-order valence-electron chi connectivity index (χ0n) is 13.8. The van der Waals surface area contributed by atoms with Crippen LogP contribution in [0.4, 0.5) is 8.78 Å². The maximum atomic E-state index is 13.6. The molecule has 126 valence electrons. The van der Waals surface area contributed by atoms with Crippen LogP contribution in [0.5, 0.6) is 5.75 Å². The van der Waals surface area contributed by atoms with Crippen LogP contribution >= 0.6 is 0 Å². The van der Waals surface area contributed by atoms with Crippen molar-refractivity contribution in [1.29, 1.82) is 0 Å².